The number of aryl methyl sites for hydroxylation is 1. The number of rotatable bonds is 0. The van der Waals surface area contributed by atoms with E-state index in [9.17, 15) is 5.11 Å². The van der Waals surface area contributed by atoms with Crippen LogP contribution in [0.3, 0.4) is 0 Å². The van der Waals surface area contributed by atoms with Crippen molar-refractivity contribution in [1.82, 2.24) is 9.55 Å². The zero-order valence-electron chi connectivity index (χ0n) is 10.2. The van der Waals surface area contributed by atoms with Crippen LogP contribution < -0.4 is 0 Å². The molecule has 3 nitrogen and oxygen atoms in total. The fourth-order valence-corrected chi connectivity index (χ4v) is 2.49. The van der Waals surface area contributed by atoms with Crippen molar-refractivity contribution in [2.75, 3.05) is 0 Å². The van der Waals surface area contributed by atoms with Gasteiger partial charge < -0.3 is 9.67 Å². The average Bonchev–Trinajstić information content (AvgIpc) is 2.55. The summed E-state index contributed by atoms with van der Waals surface area (Å²) >= 11 is 5.98. The first-order valence-electron chi connectivity index (χ1n) is 5.76. The van der Waals surface area contributed by atoms with Gasteiger partial charge >= 0.3 is 0 Å². The lowest BCUT2D eigenvalue weighted by Crippen LogP contribution is -2.03. The first kappa shape index (κ1) is 11.5. The molecule has 0 radical (unpaired) electrons. The fourth-order valence-electron chi connectivity index (χ4n) is 2.31. The highest BCUT2D eigenvalue weighted by Crippen LogP contribution is 2.33. The van der Waals surface area contributed by atoms with Gasteiger partial charge in [0.1, 0.15) is 11.9 Å². The van der Waals surface area contributed by atoms with Gasteiger partial charge in [-0.2, -0.15) is 0 Å². The summed E-state index contributed by atoms with van der Waals surface area (Å²) in [5, 5.41) is 11.1. The minimum atomic E-state index is -0.706. The molecule has 2 aromatic rings. The van der Waals surface area contributed by atoms with Crippen molar-refractivity contribution < 1.29 is 5.11 Å². The van der Waals surface area contributed by atoms with Crippen LogP contribution in [0.1, 0.15) is 34.4 Å². The first-order valence-corrected chi connectivity index (χ1v) is 6.14. The van der Waals surface area contributed by atoms with Gasteiger partial charge in [0.25, 0.3) is 0 Å². The Kier molecular flexibility index (Phi) is 2.54. The van der Waals surface area contributed by atoms with Crippen LogP contribution >= 0.6 is 11.6 Å². The van der Waals surface area contributed by atoms with Gasteiger partial charge in [-0.3, -0.25) is 0 Å². The first-order chi connectivity index (χ1) is 8.58. The van der Waals surface area contributed by atoms with Crippen molar-refractivity contribution in [1.29, 1.82) is 0 Å². The number of benzene rings is 1. The Morgan fingerprint density at radius 3 is 2.89 bits per heavy atom. The third-order valence-electron chi connectivity index (χ3n) is 3.41. The monoisotopic (exact) mass is 260 g/mol. The molecule has 3 rings (SSSR count). The van der Waals surface area contributed by atoms with Crippen LogP contribution in [0.2, 0.25) is 5.02 Å². The van der Waals surface area contributed by atoms with Crippen molar-refractivity contribution in [2.45, 2.75) is 13.0 Å². The van der Waals surface area contributed by atoms with E-state index in [2.05, 4.69) is 4.98 Å². The van der Waals surface area contributed by atoms with Gasteiger partial charge in [-0.15, -0.1) is 0 Å². The maximum absolute atomic E-state index is 10.5. The molecule has 0 aliphatic heterocycles. The number of fused-ring (bicyclic) bond motifs is 2. The second kappa shape index (κ2) is 3.97. The maximum Gasteiger partial charge on any atom is 0.124 e. The average molecular weight is 261 g/mol. The molecule has 1 aliphatic rings. The third-order valence-corrected chi connectivity index (χ3v) is 3.65. The van der Waals surface area contributed by atoms with Gasteiger partial charge in [0.2, 0.25) is 0 Å². The highest BCUT2D eigenvalue weighted by molar-refractivity contribution is 6.30. The van der Waals surface area contributed by atoms with Crippen LogP contribution in [-0.4, -0.2) is 14.7 Å². The Balaban J connectivity index is 2.25. The Hall–Kier alpha value is -1.58. The van der Waals surface area contributed by atoms with Gasteiger partial charge in [-0.05, 0) is 36.3 Å². The smallest absolute Gasteiger partial charge is 0.124 e. The highest BCUT2D eigenvalue weighted by atomic mass is 35.5. The maximum atomic E-state index is 10.5. The fraction of sp³-hybridized carbons (Fsp3) is 0.214. The molecule has 0 saturated carbocycles. The van der Waals surface area contributed by atoms with E-state index >= 15 is 0 Å². The van der Waals surface area contributed by atoms with Crippen LogP contribution in [0, 0.1) is 6.92 Å². The predicted octanol–water partition coefficient (Wildman–Crippen LogP) is 2.95. The van der Waals surface area contributed by atoms with Crippen LogP contribution in [0.25, 0.3) is 12.2 Å². The number of aromatic nitrogens is 2. The van der Waals surface area contributed by atoms with Gasteiger partial charge in [0, 0.05) is 12.1 Å². The standard InChI is InChI=1S/C14H13ClN2O/c1-8-16-13-12(17(8)2)6-3-9-7-10(15)4-5-11(9)14(13)18/h3-7,14,18H,1-2H3. The van der Waals surface area contributed by atoms with Crippen LogP contribution in [0.5, 0.6) is 0 Å². The van der Waals surface area contributed by atoms with E-state index in [1.807, 2.05) is 42.8 Å². The molecule has 0 bridgehead atoms. The molecular weight excluding hydrogens is 248 g/mol. The van der Waals surface area contributed by atoms with E-state index in [0.29, 0.717) is 10.7 Å². The molecule has 1 N–H and O–H groups in total. The minimum absolute atomic E-state index is 0.667. The molecule has 0 spiro atoms. The van der Waals surface area contributed by atoms with E-state index in [0.717, 1.165) is 22.6 Å². The minimum Gasteiger partial charge on any atom is -0.382 e. The summed E-state index contributed by atoms with van der Waals surface area (Å²) in [6.45, 7) is 1.93. The van der Waals surface area contributed by atoms with Crippen LogP contribution in [0.4, 0.5) is 0 Å². The lowest BCUT2D eigenvalue weighted by atomic mass is 10.0. The topological polar surface area (TPSA) is 38.0 Å². The lowest BCUT2D eigenvalue weighted by Gasteiger charge is -2.11. The van der Waals surface area contributed by atoms with E-state index in [4.69, 9.17) is 11.6 Å². The summed E-state index contributed by atoms with van der Waals surface area (Å²) < 4.78 is 1.97. The quantitative estimate of drug-likeness (QED) is 0.791. The third kappa shape index (κ3) is 1.59. The Morgan fingerprint density at radius 1 is 1.33 bits per heavy atom. The Labute approximate surface area is 110 Å². The lowest BCUT2D eigenvalue weighted by molar-refractivity contribution is 0.215. The summed E-state index contributed by atoms with van der Waals surface area (Å²) in [5.41, 5.74) is 3.41. The number of hydrogen-bond donors (Lipinski definition) is 1. The second-order valence-corrected chi connectivity index (χ2v) is 4.93. The van der Waals surface area contributed by atoms with Gasteiger partial charge in [0.05, 0.1) is 11.4 Å². The molecule has 1 atom stereocenters. The molecule has 0 fully saturated rings. The number of nitrogens with zero attached hydrogens (tertiary/aromatic N) is 2. The Morgan fingerprint density at radius 2 is 2.11 bits per heavy atom. The second-order valence-electron chi connectivity index (χ2n) is 4.50. The summed E-state index contributed by atoms with van der Waals surface area (Å²) in [7, 11) is 1.95. The highest BCUT2D eigenvalue weighted by Gasteiger charge is 2.23. The molecule has 4 heteroatoms. The number of hydrogen-bond acceptors (Lipinski definition) is 2. The molecule has 1 heterocycles. The molecular formula is C14H13ClN2O. The van der Waals surface area contributed by atoms with Crippen molar-refractivity contribution in [2.24, 2.45) is 7.05 Å². The molecule has 1 unspecified atom stereocenters. The number of halogens is 1. The molecule has 1 aromatic heterocycles. The number of aliphatic hydroxyl groups is 1. The molecule has 1 aliphatic carbocycles. The van der Waals surface area contributed by atoms with Gasteiger partial charge in [0.15, 0.2) is 0 Å². The summed E-state index contributed by atoms with van der Waals surface area (Å²) in [6.07, 6.45) is 3.24. The zero-order chi connectivity index (χ0) is 12.9. The van der Waals surface area contributed by atoms with Crippen LogP contribution in [0.15, 0.2) is 18.2 Å². The van der Waals surface area contributed by atoms with Crippen LogP contribution in [-0.2, 0) is 7.05 Å². The largest absolute Gasteiger partial charge is 0.382 e. The van der Waals surface area contributed by atoms with Crippen molar-refractivity contribution >= 4 is 23.8 Å². The zero-order valence-corrected chi connectivity index (χ0v) is 10.9. The van der Waals surface area contributed by atoms with E-state index in [1.165, 1.54) is 0 Å². The Bertz CT molecular complexity index is 658. The van der Waals surface area contributed by atoms with Crippen molar-refractivity contribution in [3.05, 3.63) is 51.6 Å². The van der Waals surface area contributed by atoms with E-state index in [1.54, 1.807) is 6.07 Å². The number of imidazole rings is 1. The molecule has 1 aromatic carbocycles. The van der Waals surface area contributed by atoms with Gasteiger partial charge in [-0.1, -0.05) is 23.7 Å². The molecule has 92 valence electrons. The normalized spacial score (nSPS) is 17.2. The molecule has 0 saturated heterocycles. The molecule has 0 amide bonds. The van der Waals surface area contributed by atoms with Gasteiger partial charge in [-0.25, -0.2) is 4.98 Å². The van der Waals surface area contributed by atoms with Crippen molar-refractivity contribution in [3.63, 3.8) is 0 Å². The summed E-state index contributed by atoms with van der Waals surface area (Å²) in [6, 6.07) is 5.50. The SMILES string of the molecule is Cc1nc2c(n1C)C=Cc1cc(Cl)ccc1C2O. The number of aliphatic hydroxyl groups excluding tert-OH is 1. The molecule has 18 heavy (non-hydrogen) atoms. The van der Waals surface area contributed by atoms with E-state index in [-0.39, 0.29) is 0 Å². The predicted molar refractivity (Wildman–Crippen MR) is 72.4 cm³/mol. The van der Waals surface area contributed by atoms with Crippen molar-refractivity contribution in [3.8, 4) is 0 Å². The van der Waals surface area contributed by atoms with E-state index < -0.39 is 6.10 Å². The summed E-state index contributed by atoms with van der Waals surface area (Å²) in [5.74, 6) is 0.890. The summed E-state index contributed by atoms with van der Waals surface area (Å²) in [4.78, 5) is 4.44.